The molecule has 0 heterocycles. The largest absolute Gasteiger partial charge is 0.383 e. The normalized spacial score (nSPS) is 14.2. The first-order valence-electron chi connectivity index (χ1n) is 7.07. The van der Waals surface area contributed by atoms with E-state index in [0.717, 1.165) is 18.2 Å². The van der Waals surface area contributed by atoms with Crippen LogP contribution in [0.1, 0.15) is 32.8 Å². The van der Waals surface area contributed by atoms with Crippen LogP contribution in [0.15, 0.2) is 24.3 Å². The van der Waals surface area contributed by atoms with Crippen molar-refractivity contribution in [3.8, 4) is 5.75 Å². The summed E-state index contributed by atoms with van der Waals surface area (Å²) < 4.78 is 27.2. The zero-order valence-electron chi connectivity index (χ0n) is 13.2. The first-order chi connectivity index (χ1) is 10.1. The van der Waals surface area contributed by atoms with E-state index < -0.39 is 15.5 Å². The molecule has 5 nitrogen and oxygen atoms in total. The summed E-state index contributed by atoms with van der Waals surface area (Å²) in [5.41, 5.74) is 0.784. The zero-order valence-corrected chi connectivity index (χ0v) is 14.8. The first-order valence-corrected chi connectivity index (χ1v) is 9.32. The predicted octanol–water partition coefficient (Wildman–Crippen LogP) is 2.78. The maximum absolute atomic E-state index is 12.2. The second-order valence-electron chi connectivity index (χ2n) is 5.27. The fourth-order valence-corrected chi connectivity index (χ4v) is 2.55. The van der Waals surface area contributed by atoms with Gasteiger partial charge in [-0.2, -0.15) is 8.42 Å². The Balaban J connectivity index is 2.98. The summed E-state index contributed by atoms with van der Waals surface area (Å²) >= 11 is 5.91. The minimum absolute atomic E-state index is 0.0354. The average molecular weight is 348 g/mol. The van der Waals surface area contributed by atoms with E-state index in [1.165, 1.54) is 0 Å². The van der Waals surface area contributed by atoms with Crippen LogP contribution < -0.4 is 4.18 Å². The van der Waals surface area contributed by atoms with Crippen LogP contribution in [0.2, 0.25) is 0 Å². The van der Waals surface area contributed by atoms with E-state index in [9.17, 15) is 13.2 Å². The van der Waals surface area contributed by atoms with Gasteiger partial charge in [0.15, 0.2) is 0 Å². The molecule has 0 saturated heterocycles. The van der Waals surface area contributed by atoms with Crippen molar-refractivity contribution in [1.82, 2.24) is 4.90 Å². The molecule has 0 radical (unpaired) electrons. The monoisotopic (exact) mass is 347 g/mol. The molecule has 22 heavy (non-hydrogen) atoms. The quantitative estimate of drug-likeness (QED) is 0.562. The molecule has 0 aromatic heterocycles. The fraction of sp³-hybridized carbons (Fsp3) is 0.533. The zero-order chi connectivity index (χ0) is 16.9. The highest BCUT2D eigenvalue weighted by atomic mass is 35.5. The predicted molar refractivity (Wildman–Crippen MR) is 87.5 cm³/mol. The molecule has 0 spiro atoms. The molecule has 124 valence electrons. The molecule has 0 bridgehead atoms. The van der Waals surface area contributed by atoms with Gasteiger partial charge in [-0.1, -0.05) is 19.1 Å². The molecule has 0 saturated carbocycles. The van der Waals surface area contributed by atoms with Crippen molar-refractivity contribution in [1.29, 1.82) is 0 Å². The van der Waals surface area contributed by atoms with Crippen LogP contribution >= 0.6 is 11.6 Å². The van der Waals surface area contributed by atoms with Crippen molar-refractivity contribution in [3.05, 3.63) is 29.8 Å². The third-order valence-electron chi connectivity index (χ3n) is 3.25. The Labute approximate surface area is 137 Å². The minimum Gasteiger partial charge on any atom is -0.383 e. The van der Waals surface area contributed by atoms with Crippen LogP contribution in [0.3, 0.4) is 0 Å². The van der Waals surface area contributed by atoms with Crippen LogP contribution in [-0.4, -0.2) is 36.9 Å². The van der Waals surface area contributed by atoms with Gasteiger partial charge in [0.05, 0.1) is 6.26 Å². The number of carbonyl (C=O) groups is 1. The fourth-order valence-electron chi connectivity index (χ4n) is 1.97. The van der Waals surface area contributed by atoms with Crippen LogP contribution in [0.4, 0.5) is 0 Å². The van der Waals surface area contributed by atoms with Gasteiger partial charge < -0.3 is 9.08 Å². The molecule has 0 aliphatic rings. The van der Waals surface area contributed by atoms with Crippen molar-refractivity contribution in [2.24, 2.45) is 0 Å². The number of amides is 1. The van der Waals surface area contributed by atoms with Crippen LogP contribution in [0.25, 0.3) is 0 Å². The SMILES string of the molecule is CC[C@H](C)N(Cc1cccc(OS(C)(=O)=O)c1)C(=O)[C@H](C)Cl. The molecule has 0 N–H and O–H groups in total. The number of hydrogen-bond acceptors (Lipinski definition) is 4. The molecule has 2 atom stereocenters. The van der Waals surface area contributed by atoms with Crippen molar-refractivity contribution < 1.29 is 17.4 Å². The minimum atomic E-state index is -3.57. The molecular formula is C15H22ClNO4S. The Morgan fingerprint density at radius 1 is 1.36 bits per heavy atom. The van der Waals surface area contributed by atoms with Crippen LogP contribution in [0.5, 0.6) is 5.75 Å². The molecule has 1 amide bonds. The first kappa shape index (κ1) is 18.8. The molecule has 0 fully saturated rings. The number of alkyl halides is 1. The Kier molecular flexibility index (Phi) is 6.68. The van der Waals surface area contributed by atoms with Gasteiger partial charge in [-0.05, 0) is 38.0 Å². The Hall–Kier alpha value is -1.27. The molecule has 0 unspecified atom stereocenters. The maximum Gasteiger partial charge on any atom is 0.306 e. The highest BCUT2D eigenvalue weighted by molar-refractivity contribution is 7.86. The van der Waals surface area contributed by atoms with Crippen molar-refractivity contribution in [2.75, 3.05) is 6.26 Å². The molecule has 0 aliphatic carbocycles. The van der Waals surface area contributed by atoms with E-state index in [1.807, 2.05) is 19.9 Å². The van der Waals surface area contributed by atoms with E-state index in [0.29, 0.717) is 6.54 Å². The van der Waals surface area contributed by atoms with Gasteiger partial charge in [-0.3, -0.25) is 4.79 Å². The third-order valence-corrected chi connectivity index (χ3v) is 3.93. The maximum atomic E-state index is 12.2. The van der Waals surface area contributed by atoms with Crippen molar-refractivity contribution >= 4 is 27.6 Å². The lowest BCUT2D eigenvalue weighted by Gasteiger charge is -2.30. The lowest BCUT2D eigenvalue weighted by atomic mass is 10.1. The summed E-state index contributed by atoms with van der Waals surface area (Å²) in [6.45, 7) is 5.94. The summed E-state index contributed by atoms with van der Waals surface area (Å²) in [4.78, 5) is 13.9. The standard InChI is InChI=1S/C15H22ClNO4S/c1-5-11(2)17(15(18)12(3)16)10-13-7-6-8-14(9-13)21-22(4,19)20/h6-9,11-12H,5,10H2,1-4H3/t11-,12-/m0/s1. The number of benzene rings is 1. The van der Waals surface area contributed by atoms with Crippen LogP contribution in [-0.2, 0) is 21.5 Å². The van der Waals surface area contributed by atoms with Gasteiger partial charge in [-0.15, -0.1) is 11.6 Å². The molecule has 1 rings (SSSR count). The third kappa shape index (κ3) is 5.85. The Morgan fingerprint density at radius 3 is 2.50 bits per heavy atom. The van der Waals surface area contributed by atoms with E-state index in [1.54, 1.807) is 30.0 Å². The van der Waals surface area contributed by atoms with Crippen molar-refractivity contribution in [2.45, 2.75) is 45.2 Å². The Bertz CT molecular complexity index is 616. The molecule has 7 heteroatoms. The molecule has 0 aliphatic heterocycles. The smallest absolute Gasteiger partial charge is 0.306 e. The van der Waals surface area contributed by atoms with E-state index in [2.05, 4.69) is 0 Å². The van der Waals surface area contributed by atoms with Gasteiger partial charge in [0, 0.05) is 12.6 Å². The number of rotatable bonds is 7. The summed E-state index contributed by atoms with van der Waals surface area (Å²) in [5.74, 6) is 0.0842. The second-order valence-corrected chi connectivity index (χ2v) is 7.50. The van der Waals surface area contributed by atoms with Gasteiger partial charge in [-0.25, -0.2) is 0 Å². The van der Waals surface area contributed by atoms with Gasteiger partial charge >= 0.3 is 10.1 Å². The number of nitrogens with zero attached hydrogens (tertiary/aromatic N) is 1. The van der Waals surface area contributed by atoms with E-state index >= 15 is 0 Å². The number of carbonyl (C=O) groups excluding carboxylic acids is 1. The number of halogens is 1. The highest BCUT2D eigenvalue weighted by Crippen LogP contribution is 2.19. The van der Waals surface area contributed by atoms with E-state index in [-0.39, 0.29) is 17.7 Å². The molecule has 1 aromatic rings. The van der Waals surface area contributed by atoms with Crippen LogP contribution in [0, 0.1) is 0 Å². The summed E-state index contributed by atoms with van der Waals surface area (Å²) in [6.07, 6.45) is 1.79. The topological polar surface area (TPSA) is 63.7 Å². The second kappa shape index (κ2) is 7.83. The summed E-state index contributed by atoms with van der Waals surface area (Å²) in [7, 11) is -3.57. The summed E-state index contributed by atoms with van der Waals surface area (Å²) in [5, 5.41) is -0.607. The van der Waals surface area contributed by atoms with Gasteiger partial charge in [0.2, 0.25) is 5.91 Å². The molecule has 1 aromatic carbocycles. The van der Waals surface area contributed by atoms with Gasteiger partial charge in [0.25, 0.3) is 0 Å². The Morgan fingerprint density at radius 2 is 2.00 bits per heavy atom. The molecular weight excluding hydrogens is 326 g/mol. The lowest BCUT2D eigenvalue weighted by molar-refractivity contribution is -0.133. The van der Waals surface area contributed by atoms with Gasteiger partial charge in [0.1, 0.15) is 11.1 Å². The van der Waals surface area contributed by atoms with Crippen molar-refractivity contribution in [3.63, 3.8) is 0 Å². The van der Waals surface area contributed by atoms with E-state index in [4.69, 9.17) is 15.8 Å². The summed E-state index contributed by atoms with van der Waals surface area (Å²) in [6, 6.07) is 6.72. The number of hydrogen-bond donors (Lipinski definition) is 0. The highest BCUT2D eigenvalue weighted by Gasteiger charge is 2.23. The lowest BCUT2D eigenvalue weighted by Crippen LogP contribution is -2.41. The average Bonchev–Trinajstić information content (AvgIpc) is 2.41.